The summed E-state index contributed by atoms with van der Waals surface area (Å²) in [5.41, 5.74) is 3.07. The van der Waals surface area contributed by atoms with Crippen LogP contribution in [-0.2, 0) is 0 Å². The Labute approximate surface area is 155 Å². The van der Waals surface area contributed by atoms with Gasteiger partial charge in [-0.25, -0.2) is 9.97 Å². The van der Waals surface area contributed by atoms with Gasteiger partial charge in [-0.3, -0.25) is 4.79 Å². The van der Waals surface area contributed by atoms with Gasteiger partial charge in [-0.05, 0) is 62.9 Å². The predicted molar refractivity (Wildman–Crippen MR) is 103 cm³/mol. The molecule has 5 nitrogen and oxygen atoms in total. The zero-order chi connectivity index (χ0) is 17.9. The van der Waals surface area contributed by atoms with Crippen molar-refractivity contribution in [3.63, 3.8) is 0 Å². The smallest absolute Gasteiger partial charge is 0.253 e. The van der Waals surface area contributed by atoms with Gasteiger partial charge in [0.15, 0.2) is 0 Å². The summed E-state index contributed by atoms with van der Waals surface area (Å²) in [5, 5.41) is 0. The van der Waals surface area contributed by atoms with Gasteiger partial charge in [-0.15, -0.1) is 0 Å². The number of amides is 1. The van der Waals surface area contributed by atoms with Crippen LogP contribution in [0.4, 0.5) is 5.69 Å². The zero-order valence-corrected chi connectivity index (χ0v) is 15.4. The van der Waals surface area contributed by atoms with Crippen LogP contribution < -0.4 is 4.90 Å². The molecule has 1 unspecified atom stereocenters. The monoisotopic (exact) mass is 350 g/mol. The Morgan fingerprint density at radius 3 is 2.54 bits per heavy atom. The Balaban J connectivity index is 1.45. The molecule has 2 aliphatic rings. The molecule has 1 aromatic carbocycles. The fraction of sp³-hybridized carbons (Fsp3) is 0.476. The summed E-state index contributed by atoms with van der Waals surface area (Å²) in [5.74, 6) is 1.23. The summed E-state index contributed by atoms with van der Waals surface area (Å²) in [6.07, 6.45) is 6.44. The molecule has 2 aromatic rings. The van der Waals surface area contributed by atoms with Crippen molar-refractivity contribution < 1.29 is 4.79 Å². The number of benzene rings is 1. The van der Waals surface area contributed by atoms with Gasteiger partial charge in [0.05, 0.1) is 0 Å². The average molecular weight is 350 g/mol. The third kappa shape index (κ3) is 3.57. The summed E-state index contributed by atoms with van der Waals surface area (Å²) in [7, 11) is 0. The molecule has 4 rings (SSSR count). The number of piperidine rings is 1. The molecule has 0 aliphatic carbocycles. The number of carbonyl (C=O) groups is 1. The third-order valence-electron chi connectivity index (χ3n) is 5.51. The lowest BCUT2D eigenvalue weighted by Crippen LogP contribution is -2.39. The SMILES string of the molecule is Cc1nccc(C2CCCN(C(=O)c3ccc(N4CCCC4)cc3)C2)n1. The highest BCUT2D eigenvalue weighted by atomic mass is 16.2. The lowest BCUT2D eigenvalue weighted by atomic mass is 9.94. The van der Waals surface area contributed by atoms with Gasteiger partial charge < -0.3 is 9.80 Å². The molecule has 1 aromatic heterocycles. The standard InChI is InChI=1S/C21H26N4O/c1-16-22-11-10-20(23-16)18-5-4-14-25(15-18)21(26)17-6-8-19(9-7-17)24-12-2-3-13-24/h6-11,18H,2-5,12-15H2,1H3. The fourth-order valence-electron chi connectivity index (χ4n) is 4.08. The van der Waals surface area contributed by atoms with Crippen LogP contribution in [0.3, 0.4) is 0 Å². The van der Waals surface area contributed by atoms with Crippen LogP contribution in [0.25, 0.3) is 0 Å². The highest BCUT2D eigenvalue weighted by Crippen LogP contribution is 2.27. The van der Waals surface area contributed by atoms with E-state index in [-0.39, 0.29) is 5.91 Å². The van der Waals surface area contributed by atoms with Crippen molar-refractivity contribution in [3.05, 3.63) is 53.6 Å². The first-order valence-corrected chi connectivity index (χ1v) is 9.64. The van der Waals surface area contributed by atoms with Crippen molar-refractivity contribution in [2.75, 3.05) is 31.1 Å². The minimum absolute atomic E-state index is 0.133. The Morgan fingerprint density at radius 2 is 1.81 bits per heavy atom. The van der Waals surface area contributed by atoms with Gasteiger partial charge in [0, 0.05) is 55.2 Å². The topological polar surface area (TPSA) is 49.3 Å². The number of carbonyl (C=O) groups excluding carboxylic acids is 1. The third-order valence-corrected chi connectivity index (χ3v) is 5.51. The minimum atomic E-state index is 0.133. The van der Waals surface area contributed by atoms with E-state index < -0.39 is 0 Å². The van der Waals surface area contributed by atoms with E-state index in [2.05, 4.69) is 27.0 Å². The highest BCUT2D eigenvalue weighted by Gasteiger charge is 2.26. The van der Waals surface area contributed by atoms with E-state index in [1.165, 1.54) is 18.5 Å². The molecule has 0 saturated carbocycles. The van der Waals surface area contributed by atoms with Crippen LogP contribution in [0, 0.1) is 6.92 Å². The van der Waals surface area contributed by atoms with Crippen LogP contribution in [0.5, 0.6) is 0 Å². The van der Waals surface area contributed by atoms with E-state index in [0.717, 1.165) is 56.1 Å². The first-order chi connectivity index (χ1) is 12.7. The Bertz CT molecular complexity index is 768. The van der Waals surface area contributed by atoms with Gasteiger partial charge in [0.1, 0.15) is 5.82 Å². The quantitative estimate of drug-likeness (QED) is 0.851. The van der Waals surface area contributed by atoms with E-state index in [0.29, 0.717) is 5.92 Å². The van der Waals surface area contributed by atoms with Crippen molar-refractivity contribution in [1.82, 2.24) is 14.9 Å². The lowest BCUT2D eigenvalue weighted by molar-refractivity contribution is 0.0706. The molecule has 0 bridgehead atoms. The van der Waals surface area contributed by atoms with Crippen LogP contribution in [0.1, 0.15) is 53.5 Å². The second-order valence-electron chi connectivity index (χ2n) is 7.36. The molecule has 1 atom stereocenters. The van der Waals surface area contributed by atoms with Crippen LogP contribution in [0.15, 0.2) is 36.5 Å². The first kappa shape index (κ1) is 17.0. The van der Waals surface area contributed by atoms with E-state index >= 15 is 0 Å². The molecule has 0 spiro atoms. The van der Waals surface area contributed by atoms with E-state index in [1.54, 1.807) is 0 Å². The average Bonchev–Trinajstić information content (AvgIpc) is 3.22. The molecule has 2 saturated heterocycles. The van der Waals surface area contributed by atoms with Crippen LogP contribution in [-0.4, -0.2) is 47.0 Å². The number of nitrogens with zero attached hydrogens (tertiary/aromatic N) is 4. The normalized spacial score (nSPS) is 20.4. The summed E-state index contributed by atoms with van der Waals surface area (Å²) in [4.78, 5) is 26.1. The molecule has 0 radical (unpaired) electrons. The van der Waals surface area contributed by atoms with Crippen molar-refractivity contribution in [2.45, 2.75) is 38.5 Å². The number of aromatic nitrogens is 2. The number of hydrogen-bond donors (Lipinski definition) is 0. The Kier molecular flexibility index (Phi) is 4.87. The summed E-state index contributed by atoms with van der Waals surface area (Å²) in [6.45, 7) is 5.73. The number of likely N-dealkylation sites (tertiary alicyclic amines) is 1. The van der Waals surface area contributed by atoms with Crippen molar-refractivity contribution >= 4 is 11.6 Å². The molecule has 0 N–H and O–H groups in total. The molecule has 2 aliphatic heterocycles. The highest BCUT2D eigenvalue weighted by molar-refractivity contribution is 5.94. The largest absolute Gasteiger partial charge is 0.372 e. The van der Waals surface area contributed by atoms with Crippen LogP contribution in [0.2, 0.25) is 0 Å². The van der Waals surface area contributed by atoms with Crippen molar-refractivity contribution in [2.24, 2.45) is 0 Å². The van der Waals surface area contributed by atoms with Crippen LogP contribution >= 0.6 is 0 Å². The number of hydrogen-bond acceptors (Lipinski definition) is 4. The van der Waals surface area contributed by atoms with Crippen molar-refractivity contribution in [3.8, 4) is 0 Å². The maximum atomic E-state index is 13.0. The maximum absolute atomic E-state index is 13.0. The molecule has 5 heteroatoms. The summed E-state index contributed by atoms with van der Waals surface area (Å²) in [6, 6.07) is 10.1. The van der Waals surface area contributed by atoms with Gasteiger partial charge in [-0.1, -0.05) is 0 Å². The fourth-order valence-corrected chi connectivity index (χ4v) is 4.08. The molecule has 3 heterocycles. The number of rotatable bonds is 3. The molecular formula is C21H26N4O. The van der Waals surface area contributed by atoms with Gasteiger partial charge >= 0.3 is 0 Å². The number of anilines is 1. The predicted octanol–water partition coefficient (Wildman–Crippen LogP) is 3.41. The Morgan fingerprint density at radius 1 is 1.04 bits per heavy atom. The maximum Gasteiger partial charge on any atom is 0.253 e. The zero-order valence-electron chi connectivity index (χ0n) is 15.4. The molecule has 136 valence electrons. The van der Waals surface area contributed by atoms with E-state index in [4.69, 9.17) is 0 Å². The van der Waals surface area contributed by atoms with Gasteiger partial charge in [-0.2, -0.15) is 0 Å². The second-order valence-corrected chi connectivity index (χ2v) is 7.36. The lowest BCUT2D eigenvalue weighted by Gasteiger charge is -2.32. The summed E-state index contributed by atoms with van der Waals surface area (Å²) < 4.78 is 0. The molecule has 1 amide bonds. The second kappa shape index (κ2) is 7.44. The first-order valence-electron chi connectivity index (χ1n) is 9.64. The minimum Gasteiger partial charge on any atom is -0.372 e. The Hall–Kier alpha value is -2.43. The number of aryl methyl sites for hydroxylation is 1. The van der Waals surface area contributed by atoms with Crippen molar-refractivity contribution in [1.29, 1.82) is 0 Å². The molecular weight excluding hydrogens is 324 g/mol. The van der Waals surface area contributed by atoms with Gasteiger partial charge in [0.2, 0.25) is 0 Å². The van der Waals surface area contributed by atoms with E-state index in [1.807, 2.05) is 36.2 Å². The summed E-state index contributed by atoms with van der Waals surface area (Å²) >= 11 is 0. The molecule has 2 fully saturated rings. The molecule has 26 heavy (non-hydrogen) atoms. The van der Waals surface area contributed by atoms with E-state index in [9.17, 15) is 4.79 Å². The van der Waals surface area contributed by atoms with Gasteiger partial charge in [0.25, 0.3) is 5.91 Å².